The summed E-state index contributed by atoms with van der Waals surface area (Å²) in [6.45, 7) is 3.45. The van der Waals surface area contributed by atoms with Gasteiger partial charge in [0.05, 0.1) is 31.5 Å². The van der Waals surface area contributed by atoms with Crippen LogP contribution in [0.15, 0.2) is 24.4 Å². The fraction of sp³-hybridized carbons (Fsp3) is 0.409. The normalized spacial score (nSPS) is 16.4. The lowest BCUT2D eigenvalue weighted by atomic mass is 10.0. The van der Waals surface area contributed by atoms with Crippen molar-refractivity contribution in [2.24, 2.45) is 7.05 Å². The lowest BCUT2D eigenvalue weighted by molar-refractivity contribution is -0.141. The number of nitrogens with one attached hydrogen (secondary N) is 1. The molecule has 2 aliphatic rings. The highest BCUT2D eigenvalue weighted by Crippen LogP contribution is 2.38. The zero-order valence-corrected chi connectivity index (χ0v) is 18.5. The molecule has 1 saturated heterocycles. The number of rotatable bonds is 4. The number of fused-ring (bicyclic) bond motifs is 1. The standard InChI is InChI=1S/C22H22F4N6O2/c1-12(33)31-6-5-19-16(9-31)21(29-32(19)14-10-34-11-14)27-18-4-3-13(7-17(18)23)15-8-30(2)28-20(15)22(24,25)26/h3-4,7-8,14H,5-6,9-11H2,1-2H3,(H,27,29). The van der Waals surface area contributed by atoms with E-state index in [0.29, 0.717) is 38.5 Å². The van der Waals surface area contributed by atoms with E-state index in [0.717, 1.165) is 22.0 Å². The molecule has 0 atom stereocenters. The van der Waals surface area contributed by atoms with Crippen LogP contribution in [0.5, 0.6) is 0 Å². The molecule has 1 N–H and O–H groups in total. The molecule has 5 rings (SSSR count). The van der Waals surface area contributed by atoms with E-state index in [1.165, 1.54) is 32.3 Å². The van der Waals surface area contributed by atoms with Gasteiger partial charge in [0.15, 0.2) is 11.5 Å². The Labute approximate surface area is 192 Å². The van der Waals surface area contributed by atoms with Crippen LogP contribution in [-0.4, -0.2) is 50.1 Å². The first-order valence-electron chi connectivity index (χ1n) is 10.7. The number of ether oxygens (including phenoxy) is 1. The van der Waals surface area contributed by atoms with Gasteiger partial charge in [0.1, 0.15) is 5.82 Å². The third-order valence-electron chi connectivity index (χ3n) is 6.13. The molecule has 2 aliphatic heterocycles. The van der Waals surface area contributed by atoms with Crippen LogP contribution in [0, 0.1) is 5.82 Å². The van der Waals surface area contributed by atoms with Gasteiger partial charge >= 0.3 is 6.18 Å². The van der Waals surface area contributed by atoms with Crippen LogP contribution in [0.2, 0.25) is 0 Å². The number of anilines is 2. The van der Waals surface area contributed by atoms with Crippen molar-refractivity contribution in [3.63, 3.8) is 0 Å². The minimum absolute atomic E-state index is 0.0606. The first-order valence-corrected chi connectivity index (χ1v) is 10.7. The molecule has 4 heterocycles. The van der Waals surface area contributed by atoms with Gasteiger partial charge in [0.25, 0.3) is 0 Å². The average Bonchev–Trinajstić information content (AvgIpc) is 3.29. The van der Waals surface area contributed by atoms with Crippen LogP contribution in [0.4, 0.5) is 29.1 Å². The van der Waals surface area contributed by atoms with E-state index in [1.54, 1.807) is 4.90 Å². The molecule has 3 aromatic rings. The number of alkyl halides is 3. The lowest BCUT2D eigenvalue weighted by Crippen LogP contribution is -2.37. The van der Waals surface area contributed by atoms with E-state index < -0.39 is 17.7 Å². The number of nitrogens with zero attached hydrogens (tertiary/aromatic N) is 5. The zero-order valence-electron chi connectivity index (χ0n) is 18.5. The summed E-state index contributed by atoms with van der Waals surface area (Å²) in [6, 6.07) is 3.90. The van der Waals surface area contributed by atoms with Gasteiger partial charge in [-0.1, -0.05) is 6.07 Å². The van der Waals surface area contributed by atoms with E-state index in [-0.39, 0.29) is 28.8 Å². The maximum Gasteiger partial charge on any atom is 0.435 e. The molecule has 8 nitrogen and oxygen atoms in total. The largest absolute Gasteiger partial charge is 0.435 e. The average molecular weight is 478 g/mol. The highest BCUT2D eigenvalue weighted by Gasteiger charge is 2.37. The van der Waals surface area contributed by atoms with Crippen molar-refractivity contribution in [1.82, 2.24) is 24.5 Å². The Bertz CT molecular complexity index is 1260. The molecule has 1 fully saturated rings. The second kappa shape index (κ2) is 8.12. The van der Waals surface area contributed by atoms with Gasteiger partial charge in [-0.05, 0) is 17.7 Å². The highest BCUT2D eigenvalue weighted by atomic mass is 19.4. The molecule has 180 valence electrons. The molecule has 2 aromatic heterocycles. The summed E-state index contributed by atoms with van der Waals surface area (Å²) in [6.07, 6.45) is -2.84. The first kappa shape index (κ1) is 22.4. The predicted molar refractivity (Wildman–Crippen MR) is 114 cm³/mol. The van der Waals surface area contributed by atoms with Crippen molar-refractivity contribution in [3.05, 3.63) is 47.2 Å². The molecule has 0 bridgehead atoms. The monoisotopic (exact) mass is 478 g/mol. The predicted octanol–water partition coefficient (Wildman–Crippen LogP) is 3.66. The maximum atomic E-state index is 15.0. The SMILES string of the molecule is CC(=O)N1CCc2c(c(Nc3ccc(-c4cn(C)nc4C(F)(F)F)cc3F)nn2C2COC2)C1. The van der Waals surface area contributed by atoms with Crippen LogP contribution in [0.3, 0.4) is 0 Å². The smallest absolute Gasteiger partial charge is 0.377 e. The molecule has 34 heavy (non-hydrogen) atoms. The Hall–Kier alpha value is -3.41. The second-order valence-corrected chi connectivity index (χ2v) is 8.48. The van der Waals surface area contributed by atoms with Gasteiger partial charge in [0.2, 0.25) is 5.91 Å². The van der Waals surface area contributed by atoms with Crippen LogP contribution in [-0.2, 0) is 35.7 Å². The summed E-state index contributed by atoms with van der Waals surface area (Å²) in [7, 11) is 1.38. The Morgan fingerprint density at radius 2 is 2.00 bits per heavy atom. The molecule has 0 unspecified atom stereocenters. The van der Waals surface area contributed by atoms with Crippen molar-refractivity contribution in [2.75, 3.05) is 25.1 Å². The maximum absolute atomic E-state index is 15.0. The minimum atomic E-state index is -4.66. The molecule has 0 saturated carbocycles. The number of benzene rings is 1. The van der Waals surface area contributed by atoms with Gasteiger partial charge in [-0.25, -0.2) is 4.39 Å². The fourth-order valence-electron chi connectivity index (χ4n) is 4.30. The molecule has 0 aliphatic carbocycles. The van der Waals surface area contributed by atoms with Gasteiger partial charge in [-0.3, -0.25) is 14.2 Å². The van der Waals surface area contributed by atoms with Gasteiger partial charge < -0.3 is 15.0 Å². The highest BCUT2D eigenvalue weighted by molar-refractivity contribution is 5.75. The summed E-state index contributed by atoms with van der Waals surface area (Å²) < 4.78 is 63.3. The number of hydrogen-bond acceptors (Lipinski definition) is 5. The summed E-state index contributed by atoms with van der Waals surface area (Å²) >= 11 is 0. The molecule has 0 radical (unpaired) electrons. The number of amides is 1. The van der Waals surface area contributed by atoms with Crippen molar-refractivity contribution in [1.29, 1.82) is 0 Å². The second-order valence-electron chi connectivity index (χ2n) is 8.48. The van der Waals surface area contributed by atoms with E-state index in [1.807, 2.05) is 4.68 Å². The number of carbonyl (C=O) groups is 1. The molecule has 0 spiro atoms. The summed E-state index contributed by atoms with van der Waals surface area (Å²) in [5, 5.41) is 11.1. The van der Waals surface area contributed by atoms with Crippen LogP contribution < -0.4 is 5.32 Å². The third-order valence-corrected chi connectivity index (χ3v) is 6.13. The Kier molecular flexibility index (Phi) is 5.34. The molecule has 12 heteroatoms. The number of hydrogen-bond donors (Lipinski definition) is 1. The molecule has 1 amide bonds. The molecular formula is C22H22F4N6O2. The van der Waals surface area contributed by atoms with Crippen molar-refractivity contribution < 1.29 is 27.1 Å². The number of halogens is 4. The topological polar surface area (TPSA) is 77.2 Å². The minimum Gasteiger partial charge on any atom is -0.377 e. The quantitative estimate of drug-likeness (QED) is 0.580. The zero-order chi connectivity index (χ0) is 24.2. The van der Waals surface area contributed by atoms with E-state index in [9.17, 15) is 18.0 Å². The van der Waals surface area contributed by atoms with E-state index in [2.05, 4.69) is 15.5 Å². The van der Waals surface area contributed by atoms with Gasteiger partial charge in [-0.15, -0.1) is 0 Å². The lowest BCUT2D eigenvalue weighted by Gasteiger charge is -2.31. The fourth-order valence-corrected chi connectivity index (χ4v) is 4.30. The Morgan fingerprint density at radius 3 is 2.62 bits per heavy atom. The third kappa shape index (κ3) is 3.91. The molecular weight excluding hydrogens is 456 g/mol. The van der Waals surface area contributed by atoms with Crippen LogP contribution >= 0.6 is 0 Å². The van der Waals surface area contributed by atoms with Crippen molar-refractivity contribution in [2.45, 2.75) is 32.1 Å². The van der Waals surface area contributed by atoms with Crippen molar-refractivity contribution in [3.8, 4) is 11.1 Å². The Morgan fingerprint density at radius 1 is 1.24 bits per heavy atom. The summed E-state index contributed by atoms with van der Waals surface area (Å²) in [5.74, 6) is -0.385. The summed E-state index contributed by atoms with van der Waals surface area (Å²) in [5.41, 5.74) is 0.613. The summed E-state index contributed by atoms with van der Waals surface area (Å²) in [4.78, 5) is 13.6. The number of aromatic nitrogens is 4. The van der Waals surface area contributed by atoms with Gasteiger partial charge in [-0.2, -0.15) is 23.4 Å². The van der Waals surface area contributed by atoms with Crippen molar-refractivity contribution >= 4 is 17.4 Å². The van der Waals surface area contributed by atoms with Crippen LogP contribution in [0.25, 0.3) is 11.1 Å². The van der Waals surface area contributed by atoms with E-state index in [4.69, 9.17) is 4.74 Å². The van der Waals surface area contributed by atoms with Crippen LogP contribution in [0.1, 0.15) is 29.9 Å². The number of carbonyl (C=O) groups excluding carboxylic acids is 1. The van der Waals surface area contributed by atoms with Gasteiger partial charge in [0, 0.05) is 50.0 Å². The van der Waals surface area contributed by atoms with E-state index >= 15 is 4.39 Å². The number of aryl methyl sites for hydroxylation is 1. The first-order chi connectivity index (χ1) is 16.1. The Balaban J connectivity index is 1.48. The molecule has 1 aromatic carbocycles.